The lowest BCUT2D eigenvalue weighted by molar-refractivity contribution is -0.113. The highest BCUT2D eigenvalue weighted by molar-refractivity contribution is 6.31. The molecule has 5 rings (SSSR count). The van der Waals surface area contributed by atoms with Gasteiger partial charge < -0.3 is 24.8 Å². The number of carbonyl (C=O) groups is 1. The monoisotopic (exact) mass is 545 g/mol. The maximum Gasteiger partial charge on any atom is 0.255 e. The molecule has 0 unspecified atom stereocenters. The van der Waals surface area contributed by atoms with E-state index in [-0.39, 0.29) is 12.5 Å². The zero-order valence-corrected chi connectivity index (χ0v) is 22.5. The van der Waals surface area contributed by atoms with Gasteiger partial charge in [0, 0.05) is 16.3 Å². The van der Waals surface area contributed by atoms with Gasteiger partial charge in [-0.1, -0.05) is 48.0 Å². The van der Waals surface area contributed by atoms with Crippen LogP contribution in [0.1, 0.15) is 31.0 Å². The molecule has 2 heterocycles. The standard InChI is InChI=1S/C29H28ClN5O4/c1-4-38-25-15-19(13-14-24(25)39-16-20-9-5-6-10-21(20)30)27-26(18(2)33-29-31-17-32-35(27)29)28(36)34-22-11-7-8-12-23(22)37-3/h5-15,17,27H,4,16H2,1-3H3,(H,34,36)(H,31,32,33)/t27-/m1/s1. The van der Waals surface area contributed by atoms with E-state index in [9.17, 15) is 4.79 Å². The van der Waals surface area contributed by atoms with E-state index in [1.165, 1.54) is 6.33 Å². The number of methoxy groups -OCH3 is 1. The third-order valence-electron chi connectivity index (χ3n) is 6.32. The Hall–Kier alpha value is -4.50. The van der Waals surface area contributed by atoms with Crippen molar-refractivity contribution in [3.63, 3.8) is 0 Å². The quantitative estimate of drug-likeness (QED) is 0.272. The number of ether oxygens (including phenoxy) is 3. The van der Waals surface area contributed by atoms with Crippen LogP contribution in [0.15, 0.2) is 84.3 Å². The highest BCUT2D eigenvalue weighted by Crippen LogP contribution is 2.39. The Bertz CT molecular complexity index is 1530. The molecule has 200 valence electrons. The maximum absolute atomic E-state index is 13.7. The Morgan fingerprint density at radius 2 is 1.85 bits per heavy atom. The number of carbonyl (C=O) groups excluding carboxylic acids is 1. The van der Waals surface area contributed by atoms with E-state index >= 15 is 0 Å². The van der Waals surface area contributed by atoms with E-state index in [2.05, 4.69) is 20.7 Å². The molecule has 3 aromatic carbocycles. The molecule has 39 heavy (non-hydrogen) atoms. The second-order valence-electron chi connectivity index (χ2n) is 8.77. The lowest BCUT2D eigenvalue weighted by atomic mass is 9.94. The summed E-state index contributed by atoms with van der Waals surface area (Å²) in [6.45, 7) is 4.46. The minimum absolute atomic E-state index is 0.283. The van der Waals surface area contributed by atoms with E-state index in [4.69, 9.17) is 25.8 Å². The summed E-state index contributed by atoms with van der Waals surface area (Å²) in [4.78, 5) is 18.1. The SMILES string of the molecule is CCOc1cc([C@@H]2C(C(=O)Nc3ccccc3OC)=C(C)Nc3ncnn32)ccc1OCc1ccccc1Cl. The summed E-state index contributed by atoms with van der Waals surface area (Å²) in [6.07, 6.45) is 1.45. The van der Waals surface area contributed by atoms with Gasteiger partial charge in [-0.3, -0.25) is 4.79 Å². The number of anilines is 2. The molecule has 0 fully saturated rings. The molecule has 1 atom stereocenters. The molecule has 0 spiro atoms. The molecule has 1 aliphatic rings. The van der Waals surface area contributed by atoms with Crippen LogP contribution in [0.3, 0.4) is 0 Å². The number of para-hydroxylation sites is 2. The maximum atomic E-state index is 13.7. The fraction of sp³-hybridized carbons (Fsp3) is 0.207. The van der Waals surface area contributed by atoms with E-state index < -0.39 is 6.04 Å². The number of halogens is 1. The molecular weight excluding hydrogens is 518 g/mol. The van der Waals surface area contributed by atoms with Crippen molar-refractivity contribution in [2.24, 2.45) is 0 Å². The van der Waals surface area contributed by atoms with E-state index in [1.807, 2.05) is 68.4 Å². The normalized spacial score (nSPS) is 14.3. The van der Waals surface area contributed by atoms with Gasteiger partial charge in [0.1, 0.15) is 24.7 Å². The molecule has 10 heteroatoms. The summed E-state index contributed by atoms with van der Waals surface area (Å²) in [5.41, 5.74) is 3.34. The van der Waals surface area contributed by atoms with Crippen LogP contribution in [0.5, 0.6) is 17.2 Å². The average Bonchev–Trinajstić information content (AvgIpc) is 3.41. The molecule has 9 nitrogen and oxygen atoms in total. The van der Waals surface area contributed by atoms with Gasteiger partial charge in [0.2, 0.25) is 5.95 Å². The minimum atomic E-state index is -0.574. The third-order valence-corrected chi connectivity index (χ3v) is 6.69. The molecule has 0 saturated heterocycles. The van der Waals surface area contributed by atoms with Crippen molar-refractivity contribution in [1.29, 1.82) is 0 Å². The van der Waals surface area contributed by atoms with Crippen molar-refractivity contribution in [1.82, 2.24) is 14.8 Å². The highest BCUT2D eigenvalue weighted by atomic mass is 35.5. The topological polar surface area (TPSA) is 99.5 Å². The molecule has 1 aromatic heterocycles. The summed E-state index contributed by atoms with van der Waals surface area (Å²) in [5, 5.41) is 11.2. The van der Waals surface area contributed by atoms with E-state index in [0.29, 0.717) is 51.8 Å². The number of nitrogens with zero attached hydrogens (tertiary/aromatic N) is 3. The highest BCUT2D eigenvalue weighted by Gasteiger charge is 2.34. The first-order chi connectivity index (χ1) is 19.0. The first-order valence-electron chi connectivity index (χ1n) is 12.4. The van der Waals surface area contributed by atoms with Gasteiger partial charge in [0.25, 0.3) is 5.91 Å². The van der Waals surface area contributed by atoms with Crippen LogP contribution in [0.4, 0.5) is 11.6 Å². The van der Waals surface area contributed by atoms with Gasteiger partial charge in [-0.05, 0) is 49.7 Å². The molecule has 4 aromatic rings. The number of hydrogen-bond acceptors (Lipinski definition) is 7. The summed E-state index contributed by atoms with van der Waals surface area (Å²) >= 11 is 6.31. The Kier molecular flexibility index (Phi) is 7.69. The Morgan fingerprint density at radius 1 is 1.05 bits per heavy atom. The molecule has 2 N–H and O–H groups in total. The van der Waals surface area contributed by atoms with Crippen LogP contribution >= 0.6 is 11.6 Å². The van der Waals surface area contributed by atoms with Crippen molar-refractivity contribution in [3.05, 3.63) is 100 Å². The molecule has 0 aliphatic carbocycles. The van der Waals surface area contributed by atoms with Gasteiger partial charge in [0.05, 0.1) is 25.0 Å². The van der Waals surface area contributed by atoms with Crippen LogP contribution in [-0.2, 0) is 11.4 Å². The number of fused-ring (bicyclic) bond motifs is 1. The number of rotatable bonds is 9. The van der Waals surface area contributed by atoms with Gasteiger partial charge in [-0.25, -0.2) is 4.68 Å². The Morgan fingerprint density at radius 3 is 2.64 bits per heavy atom. The number of aromatic nitrogens is 3. The second kappa shape index (κ2) is 11.5. The zero-order chi connectivity index (χ0) is 27.4. The van der Waals surface area contributed by atoms with Gasteiger partial charge >= 0.3 is 0 Å². The van der Waals surface area contributed by atoms with Crippen molar-refractivity contribution >= 4 is 29.1 Å². The zero-order valence-electron chi connectivity index (χ0n) is 21.8. The predicted molar refractivity (Wildman–Crippen MR) is 150 cm³/mol. The smallest absolute Gasteiger partial charge is 0.255 e. The largest absolute Gasteiger partial charge is 0.495 e. The Labute approximate surface area is 231 Å². The van der Waals surface area contributed by atoms with Crippen molar-refractivity contribution in [2.75, 3.05) is 24.4 Å². The summed E-state index contributed by atoms with van der Waals surface area (Å²) < 4.78 is 19.1. The van der Waals surface area contributed by atoms with Crippen molar-refractivity contribution in [2.45, 2.75) is 26.5 Å². The second-order valence-corrected chi connectivity index (χ2v) is 9.18. The van der Waals surface area contributed by atoms with Crippen LogP contribution in [0, 0.1) is 0 Å². The molecule has 1 aliphatic heterocycles. The molecular formula is C29H28ClN5O4. The Balaban J connectivity index is 1.50. The van der Waals surface area contributed by atoms with Crippen LogP contribution < -0.4 is 24.8 Å². The van der Waals surface area contributed by atoms with Crippen LogP contribution in [-0.4, -0.2) is 34.4 Å². The van der Waals surface area contributed by atoms with Gasteiger partial charge in [0.15, 0.2) is 11.5 Å². The van der Waals surface area contributed by atoms with E-state index in [0.717, 1.165) is 11.1 Å². The molecule has 0 radical (unpaired) electrons. The number of hydrogen-bond donors (Lipinski definition) is 2. The van der Waals surface area contributed by atoms with Crippen LogP contribution in [0.2, 0.25) is 5.02 Å². The lowest BCUT2D eigenvalue weighted by Crippen LogP contribution is -2.31. The first-order valence-corrected chi connectivity index (χ1v) is 12.8. The number of amides is 1. The summed E-state index contributed by atoms with van der Waals surface area (Å²) in [6, 6.07) is 19.8. The van der Waals surface area contributed by atoms with Gasteiger partial charge in [-0.2, -0.15) is 10.1 Å². The number of allylic oxidation sites excluding steroid dienone is 1. The van der Waals surface area contributed by atoms with E-state index in [1.54, 1.807) is 23.9 Å². The molecule has 0 bridgehead atoms. The van der Waals surface area contributed by atoms with Crippen molar-refractivity contribution in [3.8, 4) is 17.2 Å². The first kappa shape index (κ1) is 26.1. The van der Waals surface area contributed by atoms with Crippen LogP contribution in [0.25, 0.3) is 0 Å². The summed E-state index contributed by atoms with van der Waals surface area (Å²) in [7, 11) is 1.56. The average molecular weight is 546 g/mol. The fourth-order valence-corrected chi connectivity index (χ4v) is 4.67. The lowest BCUT2D eigenvalue weighted by Gasteiger charge is -2.29. The third kappa shape index (κ3) is 5.39. The summed E-state index contributed by atoms with van der Waals surface area (Å²) in [5.74, 6) is 1.90. The molecule has 0 saturated carbocycles. The predicted octanol–water partition coefficient (Wildman–Crippen LogP) is 5.85. The number of nitrogens with one attached hydrogen (secondary N) is 2. The van der Waals surface area contributed by atoms with Gasteiger partial charge in [-0.15, -0.1) is 0 Å². The van der Waals surface area contributed by atoms with Crippen molar-refractivity contribution < 1.29 is 19.0 Å². The fourth-order valence-electron chi connectivity index (χ4n) is 4.48. The minimum Gasteiger partial charge on any atom is -0.495 e. The number of benzene rings is 3. The molecule has 1 amide bonds.